The lowest BCUT2D eigenvalue weighted by molar-refractivity contribution is 0.133. The highest BCUT2D eigenvalue weighted by Crippen LogP contribution is 2.28. The van der Waals surface area contributed by atoms with Crippen LogP contribution in [0.15, 0.2) is 12.4 Å². The number of nitrogens with one attached hydrogen (secondary N) is 1. The third-order valence-electron chi connectivity index (χ3n) is 2.25. The van der Waals surface area contributed by atoms with Crippen LogP contribution in [-0.4, -0.2) is 29.7 Å². The Balaban J connectivity index is 1.58. The van der Waals surface area contributed by atoms with Crippen LogP contribution < -0.4 is 11.1 Å². The molecule has 1 aliphatic rings. The van der Waals surface area contributed by atoms with Crippen molar-refractivity contribution >= 4 is 11.6 Å². The molecule has 0 unspecified atom stereocenters. The molecule has 0 aliphatic heterocycles. The van der Waals surface area contributed by atoms with Crippen molar-refractivity contribution in [2.45, 2.75) is 12.8 Å². The lowest BCUT2D eigenvalue weighted by Gasteiger charge is -2.05. The van der Waals surface area contributed by atoms with E-state index in [1.807, 2.05) is 0 Å². The molecule has 2 rings (SSSR count). The zero-order chi connectivity index (χ0) is 10.5. The van der Waals surface area contributed by atoms with Crippen LogP contribution in [0.5, 0.6) is 0 Å². The molecule has 0 amide bonds. The molecule has 1 aliphatic carbocycles. The van der Waals surface area contributed by atoms with Gasteiger partial charge in [-0.2, -0.15) is 0 Å². The summed E-state index contributed by atoms with van der Waals surface area (Å²) in [6.07, 6.45) is 5.82. The maximum Gasteiger partial charge on any atom is 0.222 e. The van der Waals surface area contributed by atoms with Gasteiger partial charge in [0.15, 0.2) is 0 Å². The summed E-state index contributed by atoms with van der Waals surface area (Å²) < 4.78 is 5.46. The van der Waals surface area contributed by atoms with E-state index in [1.54, 1.807) is 12.4 Å². The average molecular weight is 208 g/mol. The number of anilines is 2. The molecule has 15 heavy (non-hydrogen) atoms. The summed E-state index contributed by atoms with van der Waals surface area (Å²) in [5.41, 5.74) is 6.04. The molecule has 1 fully saturated rings. The first-order chi connectivity index (χ1) is 7.34. The molecule has 1 saturated carbocycles. The van der Waals surface area contributed by atoms with Crippen molar-refractivity contribution in [1.82, 2.24) is 9.97 Å². The van der Waals surface area contributed by atoms with Gasteiger partial charge in [0.1, 0.15) is 0 Å². The molecule has 1 aromatic heterocycles. The molecule has 5 nitrogen and oxygen atoms in total. The normalized spacial score (nSPS) is 15.2. The van der Waals surface area contributed by atoms with Gasteiger partial charge < -0.3 is 15.8 Å². The van der Waals surface area contributed by atoms with Crippen LogP contribution in [0.1, 0.15) is 12.8 Å². The van der Waals surface area contributed by atoms with Crippen LogP contribution in [-0.2, 0) is 4.74 Å². The summed E-state index contributed by atoms with van der Waals surface area (Å²) in [5.74, 6) is 1.41. The van der Waals surface area contributed by atoms with Gasteiger partial charge in [-0.25, -0.2) is 9.97 Å². The van der Waals surface area contributed by atoms with Gasteiger partial charge in [-0.3, -0.25) is 0 Å². The highest BCUT2D eigenvalue weighted by atomic mass is 16.5. The van der Waals surface area contributed by atoms with Gasteiger partial charge in [-0.15, -0.1) is 0 Å². The van der Waals surface area contributed by atoms with Gasteiger partial charge in [0.25, 0.3) is 0 Å². The molecule has 5 heteroatoms. The van der Waals surface area contributed by atoms with E-state index in [2.05, 4.69) is 15.3 Å². The van der Waals surface area contributed by atoms with Gasteiger partial charge in [0, 0.05) is 13.2 Å². The SMILES string of the molecule is Nc1cnc(NCCOCC2CC2)nc1. The second kappa shape index (κ2) is 4.93. The van der Waals surface area contributed by atoms with Crippen molar-refractivity contribution in [2.75, 3.05) is 30.8 Å². The average Bonchev–Trinajstić information content (AvgIpc) is 3.04. The highest BCUT2D eigenvalue weighted by molar-refractivity contribution is 5.35. The monoisotopic (exact) mass is 208 g/mol. The van der Waals surface area contributed by atoms with Crippen LogP contribution in [0.4, 0.5) is 11.6 Å². The van der Waals surface area contributed by atoms with Crippen molar-refractivity contribution in [1.29, 1.82) is 0 Å². The lowest BCUT2D eigenvalue weighted by Crippen LogP contribution is -2.12. The maximum atomic E-state index is 5.47. The topological polar surface area (TPSA) is 73.1 Å². The van der Waals surface area contributed by atoms with E-state index in [1.165, 1.54) is 12.8 Å². The molecule has 0 radical (unpaired) electrons. The van der Waals surface area contributed by atoms with Crippen LogP contribution in [0.2, 0.25) is 0 Å². The number of ether oxygens (including phenoxy) is 1. The number of nitrogen functional groups attached to an aromatic ring is 1. The quantitative estimate of drug-likeness (QED) is 0.679. The van der Waals surface area contributed by atoms with Crippen LogP contribution in [0.3, 0.4) is 0 Å². The summed E-state index contributed by atoms with van der Waals surface area (Å²) in [7, 11) is 0. The van der Waals surface area contributed by atoms with E-state index in [4.69, 9.17) is 10.5 Å². The minimum absolute atomic E-state index is 0.575. The van der Waals surface area contributed by atoms with Crippen molar-refractivity contribution < 1.29 is 4.74 Å². The molecular formula is C10H16N4O. The fraction of sp³-hybridized carbons (Fsp3) is 0.600. The van der Waals surface area contributed by atoms with Gasteiger partial charge >= 0.3 is 0 Å². The summed E-state index contributed by atoms with van der Waals surface area (Å²) in [6.45, 7) is 2.32. The number of hydrogen-bond acceptors (Lipinski definition) is 5. The maximum absolute atomic E-state index is 5.47. The van der Waals surface area contributed by atoms with Gasteiger partial charge in [-0.1, -0.05) is 0 Å². The zero-order valence-corrected chi connectivity index (χ0v) is 8.65. The third-order valence-corrected chi connectivity index (χ3v) is 2.25. The molecular weight excluding hydrogens is 192 g/mol. The van der Waals surface area contributed by atoms with E-state index in [0.29, 0.717) is 18.2 Å². The highest BCUT2D eigenvalue weighted by Gasteiger charge is 2.20. The summed E-state index contributed by atoms with van der Waals surface area (Å²) in [4.78, 5) is 8.04. The zero-order valence-electron chi connectivity index (χ0n) is 8.65. The molecule has 0 saturated heterocycles. The van der Waals surface area contributed by atoms with Crippen LogP contribution in [0, 0.1) is 5.92 Å². The molecule has 0 spiro atoms. The first-order valence-corrected chi connectivity index (χ1v) is 5.24. The summed E-state index contributed by atoms with van der Waals surface area (Å²) >= 11 is 0. The van der Waals surface area contributed by atoms with Crippen LogP contribution in [0.25, 0.3) is 0 Å². The molecule has 1 aromatic rings. The first kappa shape index (κ1) is 10.2. The minimum atomic E-state index is 0.575. The fourth-order valence-electron chi connectivity index (χ4n) is 1.20. The molecule has 0 atom stereocenters. The molecule has 3 N–H and O–H groups in total. The fourth-order valence-corrected chi connectivity index (χ4v) is 1.20. The number of nitrogens with zero attached hydrogens (tertiary/aromatic N) is 2. The predicted molar refractivity (Wildman–Crippen MR) is 58.5 cm³/mol. The second-order valence-electron chi connectivity index (χ2n) is 3.79. The van der Waals surface area contributed by atoms with Crippen molar-refractivity contribution in [3.63, 3.8) is 0 Å². The lowest BCUT2D eigenvalue weighted by atomic mass is 10.5. The Morgan fingerprint density at radius 3 is 2.80 bits per heavy atom. The molecule has 82 valence electrons. The Bertz CT molecular complexity index is 297. The number of nitrogens with two attached hydrogens (primary N) is 1. The Labute approximate surface area is 89.1 Å². The predicted octanol–water partition coefficient (Wildman–Crippen LogP) is 0.897. The van der Waals surface area contributed by atoms with Gasteiger partial charge in [0.2, 0.25) is 5.95 Å². The Kier molecular flexibility index (Phi) is 3.34. The largest absolute Gasteiger partial charge is 0.396 e. The number of hydrogen-bond donors (Lipinski definition) is 2. The second-order valence-corrected chi connectivity index (χ2v) is 3.79. The number of aromatic nitrogens is 2. The Morgan fingerprint density at radius 2 is 2.13 bits per heavy atom. The van der Waals surface area contributed by atoms with Crippen LogP contribution >= 0.6 is 0 Å². The summed E-state index contributed by atoms with van der Waals surface area (Å²) in [5, 5.41) is 3.06. The van der Waals surface area contributed by atoms with E-state index < -0.39 is 0 Å². The van der Waals surface area contributed by atoms with E-state index >= 15 is 0 Å². The summed E-state index contributed by atoms with van der Waals surface area (Å²) in [6, 6.07) is 0. The van der Waals surface area contributed by atoms with E-state index in [-0.39, 0.29) is 0 Å². The minimum Gasteiger partial charge on any atom is -0.396 e. The van der Waals surface area contributed by atoms with E-state index in [0.717, 1.165) is 19.1 Å². The van der Waals surface area contributed by atoms with Gasteiger partial charge in [-0.05, 0) is 18.8 Å². The third kappa shape index (κ3) is 3.71. The standard InChI is InChI=1S/C10H16N4O/c11-9-5-13-10(14-6-9)12-3-4-15-7-8-1-2-8/h5-6,8H,1-4,7,11H2,(H,12,13,14). The molecule has 0 aromatic carbocycles. The van der Waals surface area contributed by atoms with Crippen molar-refractivity contribution in [3.8, 4) is 0 Å². The molecule has 1 heterocycles. The number of rotatable bonds is 6. The first-order valence-electron chi connectivity index (χ1n) is 5.24. The van der Waals surface area contributed by atoms with Gasteiger partial charge in [0.05, 0.1) is 24.7 Å². The molecule has 0 bridgehead atoms. The van der Waals surface area contributed by atoms with Crippen molar-refractivity contribution in [2.24, 2.45) is 5.92 Å². The Morgan fingerprint density at radius 1 is 1.40 bits per heavy atom. The van der Waals surface area contributed by atoms with Crippen molar-refractivity contribution in [3.05, 3.63) is 12.4 Å². The van der Waals surface area contributed by atoms with E-state index in [9.17, 15) is 0 Å². The Hall–Kier alpha value is -1.36. The smallest absolute Gasteiger partial charge is 0.222 e.